The first kappa shape index (κ1) is 61.6. The molecule has 81 heavy (non-hydrogen) atoms. The van der Waals surface area contributed by atoms with E-state index < -0.39 is 23.8 Å². The highest BCUT2D eigenvalue weighted by atomic mass is 32.2. The molecule has 2 fully saturated rings. The van der Waals surface area contributed by atoms with E-state index in [2.05, 4.69) is 35.9 Å². The molecular formula is C64H82N8O8S. The number of fused-ring (bicyclic) bond motifs is 3. The number of benzene rings is 3. The lowest BCUT2D eigenvalue weighted by molar-refractivity contribution is -0.133. The van der Waals surface area contributed by atoms with Gasteiger partial charge in [0.2, 0.25) is 5.91 Å². The minimum Gasteiger partial charge on any atom is -0.361 e. The molecule has 9 atom stereocenters. The molecule has 0 bridgehead atoms. The van der Waals surface area contributed by atoms with Crippen molar-refractivity contribution in [2.24, 2.45) is 35.3 Å². The van der Waals surface area contributed by atoms with Crippen molar-refractivity contribution in [1.82, 2.24) is 35.9 Å². The van der Waals surface area contributed by atoms with Crippen molar-refractivity contribution in [3.05, 3.63) is 126 Å². The number of aromatic amines is 3. The number of nitrogens with two attached hydrogens (primary N) is 1. The van der Waals surface area contributed by atoms with E-state index >= 15 is 0 Å². The fourth-order valence-corrected chi connectivity index (χ4v) is 12.8. The molecule has 0 spiro atoms. The van der Waals surface area contributed by atoms with Crippen LogP contribution >= 0.6 is 11.8 Å². The predicted molar refractivity (Wildman–Crippen MR) is 319 cm³/mol. The maximum absolute atomic E-state index is 14.0. The van der Waals surface area contributed by atoms with E-state index in [9.17, 15) is 38.4 Å². The molecule has 6 unspecified atom stereocenters. The zero-order valence-corrected chi connectivity index (χ0v) is 48.3. The summed E-state index contributed by atoms with van der Waals surface area (Å²) in [6.07, 6.45) is 14.7. The van der Waals surface area contributed by atoms with Gasteiger partial charge in [-0.3, -0.25) is 33.6 Å². The number of H-pyrrole nitrogens is 3. The Hall–Kier alpha value is -6.98. The Kier molecular flexibility index (Phi) is 23.4. The van der Waals surface area contributed by atoms with E-state index in [1.54, 1.807) is 12.5 Å². The Morgan fingerprint density at radius 1 is 0.667 bits per heavy atom. The number of nitrogens with one attached hydrogen (secondary N) is 6. The van der Waals surface area contributed by atoms with Crippen LogP contribution < -0.4 is 21.7 Å². The van der Waals surface area contributed by atoms with Crippen LogP contribution in [0.5, 0.6) is 0 Å². The third-order valence-electron chi connectivity index (χ3n) is 16.4. The highest BCUT2D eigenvalue weighted by Gasteiger charge is 2.42. The molecule has 0 aliphatic carbocycles. The van der Waals surface area contributed by atoms with Crippen molar-refractivity contribution in [2.75, 3.05) is 12.3 Å². The van der Waals surface area contributed by atoms with E-state index in [1.165, 1.54) is 13.8 Å². The van der Waals surface area contributed by atoms with Gasteiger partial charge in [-0.1, -0.05) is 93.4 Å². The number of carbonyl (C=O) groups is 8. The standard InChI is InChI=1S/C35H46N2O4.C29H36N6O4S/c1-4-24(2)33(39)21-29(19-30-23-37-32-16-9-8-15-31(30)32)35(41)22-28(18-26-12-6-5-7-13-26)34(40)20-27(25(3)38)14-10-11-17-36;1-17(36)18(10-19-13-31-22-7-3-2-6-21(19)22)11-25(37)23(12-20-14-30-16-32-20)33-27(38)9-5-4-8-26-28-24(15-40-26)34-29(39)35-28/h5-9,12-13,15-16,23-24,27-29,37H,4,10-11,14,17-22,36H2,1-3H3;2-3,6-7,13-14,16,18,23-24,26,28,31H,4-5,8-12,15H2,1H3,(H,30,32)(H,33,38)(H2,34,35,39)/t;18?,23?,24-,26-,28-/m.0/s1. The number of hydrogen-bond donors (Lipinski definition) is 7. The monoisotopic (exact) mass is 1120 g/mol. The lowest BCUT2D eigenvalue weighted by Crippen LogP contribution is -2.43. The summed E-state index contributed by atoms with van der Waals surface area (Å²) in [5.74, 6) is -1.58. The van der Waals surface area contributed by atoms with Gasteiger partial charge in [0, 0.05) is 125 Å². The summed E-state index contributed by atoms with van der Waals surface area (Å²) in [4.78, 5) is 117. The molecule has 8 N–H and O–H groups in total. The number of rotatable bonds is 33. The topological polar surface area (TPSA) is 259 Å². The summed E-state index contributed by atoms with van der Waals surface area (Å²) in [5, 5.41) is 11.3. The van der Waals surface area contributed by atoms with Crippen molar-refractivity contribution in [3.63, 3.8) is 0 Å². The number of hydrogen-bond acceptors (Lipinski definition) is 11. The summed E-state index contributed by atoms with van der Waals surface area (Å²) < 4.78 is 0. The van der Waals surface area contributed by atoms with E-state index in [1.807, 2.05) is 117 Å². The number of unbranched alkanes of at least 4 members (excludes halogenated alkanes) is 2. The number of para-hydroxylation sites is 2. The second-order valence-electron chi connectivity index (χ2n) is 22.4. The molecule has 3 amide bonds. The third kappa shape index (κ3) is 18.0. The number of urea groups is 1. The van der Waals surface area contributed by atoms with Crippen molar-refractivity contribution < 1.29 is 38.4 Å². The van der Waals surface area contributed by atoms with Crippen LogP contribution in [0, 0.1) is 29.6 Å². The molecule has 0 radical (unpaired) electrons. The number of amides is 3. The molecule has 17 heteroatoms. The third-order valence-corrected chi connectivity index (χ3v) is 17.9. The molecule has 432 valence electrons. The maximum Gasteiger partial charge on any atom is 0.315 e. The summed E-state index contributed by atoms with van der Waals surface area (Å²) in [5.41, 5.74) is 11.3. The van der Waals surface area contributed by atoms with Gasteiger partial charge >= 0.3 is 6.03 Å². The quantitative estimate of drug-likeness (QED) is 0.0151. The second kappa shape index (κ2) is 30.7. The number of ketones is 6. The van der Waals surface area contributed by atoms with Crippen LogP contribution in [-0.4, -0.2) is 102 Å². The molecule has 8 rings (SSSR count). The Bertz CT molecular complexity index is 3060. The average Bonchev–Trinajstić information content (AvgIpc) is 4.39. The Morgan fingerprint density at radius 3 is 1.88 bits per heavy atom. The van der Waals surface area contributed by atoms with Gasteiger partial charge < -0.3 is 36.6 Å². The van der Waals surface area contributed by atoms with Crippen LogP contribution in [0.4, 0.5) is 4.79 Å². The number of carbonyl (C=O) groups excluding carboxylic acids is 8. The maximum atomic E-state index is 14.0. The Balaban J connectivity index is 0.000000234. The van der Waals surface area contributed by atoms with E-state index in [4.69, 9.17) is 5.73 Å². The van der Waals surface area contributed by atoms with Gasteiger partial charge in [-0.15, -0.1) is 0 Å². The number of imidazole rings is 1. The van der Waals surface area contributed by atoms with Gasteiger partial charge in [-0.25, -0.2) is 9.78 Å². The summed E-state index contributed by atoms with van der Waals surface area (Å²) in [7, 11) is 0. The minimum atomic E-state index is -0.747. The first-order valence-corrected chi connectivity index (χ1v) is 30.1. The largest absolute Gasteiger partial charge is 0.361 e. The number of Topliss-reactive ketones (excluding diaryl/α,β-unsaturated/α-hetero) is 6. The first-order chi connectivity index (χ1) is 39.1. The molecule has 6 aromatic rings. The van der Waals surface area contributed by atoms with Crippen LogP contribution in [0.3, 0.4) is 0 Å². The Morgan fingerprint density at radius 2 is 1.26 bits per heavy atom. The lowest BCUT2D eigenvalue weighted by Gasteiger charge is -2.22. The highest BCUT2D eigenvalue weighted by Crippen LogP contribution is 2.34. The molecule has 0 saturated carbocycles. The van der Waals surface area contributed by atoms with Gasteiger partial charge in [0.1, 0.15) is 28.9 Å². The normalized spacial score (nSPS) is 17.8. The van der Waals surface area contributed by atoms with Gasteiger partial charge in [0.25, 0.3) is 0 Å². The van der Waals surface area contributed by atoms with Crippen molar-refractivity contribution in [2.45, 2.75) is 154 Å². The highest BCUT2D eigenvalue weighted by molar-refractivity contribution is 8.00. The van der Waals surface area contributed by atoms with Crippen LogP contribution in [-0.2, 0) is 59.2 Å². The average molecular weight is 1120 g/mol. The van der Waals surface area contributed by atoms with Gasteiger partial charge in [-0.05, 0) is 101 Å². The first-order valence-electron chi connectivity index (χ1n) is 29.0. The van der Waals surface area contributed by atoms with E-state index in [-0.39, 0.29) is 103 Å². The summed E-state index contributed by atoms with van der Waals surface area (Å²) in [6.45, 7) is 7.50. The van der Waals surface area contributed by atoms with E-state index in [0.717, 1.165) is 82.0 Å². The number of nitrogens with zero attached hydrogens (tertiary/aromatic N) is 1. The molecule has 16 nitrogen and oxygen atoms in total. The smallest absolute Gasteiger partial charge is 0.315 e. The minimum absolute atomic E-state index is 0.00322. The summed E-state index contributed by atoms with van der Waals surface area (Å²) in [6, 6.07) is 25.0. The second-order valence-corrected chi connectivity index (χ2v) is 23.6. The van der Waals surface area contributed by atoms with Gasteiger partial charge in [-0.2, -0.15) is 11.8 Å². The fraction of sp³-hybridized carbons (Fsp3) is 0.484. The number of aromatic nitrogens is 4. The molecule has 2 aliphatic heterocycles. The molecule has 3 aromatic carbocycles. The zero-order valence-electron chi connectivity index (χ0n) is 47.4. The van der Waals surface area contributed by atoms with Crippen LogP contribution in [0.25, 0.3) is 21.8 Å². The van der Waals surface area contributed by atoms with Gasteiger partial charge in [0.15, 0.2) is 5.78 Å². The van der Waals surface area contributed by atoms with Crippen molar-refractivity contribution >= 4 is 80.2 Å². The molecule has 5 heterocycles. The molecular weight excluding hydrogens is 1040 g/mol. The molecule has 2 aliphatic rings. The van der Waals surface area contributed by atoms with Gasteiger partial charge in [0.05, 0.1) is 24.5 Å². The fourth-order valence-electron chi connectivity index (χ4n) is 11.3. The predicted octanol–water partition coefficient (Wildman–Crippen LogP) is 9.49. The van der Waals surface area contributed by atoms with E-state index in [0.29, 0.717) is 50.3 Å². The zero-order chi connectivity index (χ0) is 57.8. The SMILES string of the molecule is CC(=O)C(CC(=O)C(Cc1cnc[nH]1)NC(=O)CCCC[C@@H]1SC[C@@H]2NC(=O)N[C@@H]21)Cc1c[nH]c2ccccc12.CCC(C)C(=O)CC(Cc1c[nH]c2ccccc12)C(=O)CC(Cc1ccccc1)C(=O)CC(CCCCN)C(C)=O. The lowest BCUT2D eigenvalue weighted by atomic mass is 9.79. The number of thioether (sulfide) groups is 1. The Labute approximate surface area is 479 Å². The van der Waals surface area contributed by atoms with Crippen molar-refractivity contribution in [3.8, 4) is 0 Å². The van der Waals surface area contributed by atoms with Crippen molar-refractivity contribution in [1.29, 1.82) is 0 Å². The van der Waals surface area contributed by atoms with Crippen LogP contribution in [0.1, 0.15) is 127 Å². The summed E-state index contributed by atoms with van der Waals surface area (Å²) >= 11 is 1.86. The van der Waals surface area contributed by atoms with Crippen LogP contribution in [0.15, 0.2) is 104 Å². The molecule has 3 aromatic heterocycles. The van der Waals surface area contributed by atoms with Crippen LogP contribution in [0.2, 0.25) is 0 Å². The molecule has 2 saturated heterocycles.